The average Bonchev–Trinajstić information content (AvgIpc) is 3.54. The Hall–Kier alpha value is -3.68. The van der Waals surface area contributed by atoms with Crippen molar-refractivity contribution in [1.82, 2.24) is 29.9 Å². The lowest BCUT2D eigenvalue weighted by Crippen LogP contribution is -2.53. The predicted molar refractivity (Wildman–Crippen MR) is 132 cm³/mol. The van der Waals surface area contributed by atoms with E-state index in [9.17, 15) is 4.79 Å². The number of hydrogen-bond donors (Lipinski definition) is 1. The number of nitrogens with one attached hydrogen (secondary N) is 1. The Morgan fingerprint density at radius 2 is 2.03 bits per heavy atom. The fourth-order valence-electron chi connectivity index (χ4n) is 5.70. The van der Waals surface area contributed by atoms with Crippen LogP contribution in [0.2, 0.25) is 0 Å². The van der Waals surface area contributed by atoms with Crippen LogP contribution >= 0.6 is 0 Å². The van der Waals surface area contributed by atoms with Gasteiger partial charge in [0.05, 0.1) is 24.9 Å². The third-order valence-corrected chi connectivity index (χ3v) is 8.00. The van der Waals surface area contributed by atoms with Crippen LogP contribution in [-0.4, -0.2) is 56.0 Å². The van der Waals surface area contributed by atoms with E-state index in [-0.39, 0.29) is 12.0 Å². The molecule has 8 heteroatoms. The molecule has 4 heterocycles. The van der Waals surface area contributed by atoms with Crippen LogP contribution in [-0.2, 0) is 17.6 Å². The summed E-state index contributed by atoms with van der Waals surface area (Å²) in [6, 6.07) is 8.68. The summed E-state index contributed by atoms with van der Waals surface area (Å²) in [7, 11) is 1.69. The Morgan fingerprint density at radius 1 is 1.14 bits per heavy atom. The highest BCUT2D eigenvalue weighted by Gasteiger charge is 2.37. The molecule has 3 aromatic heterocycles. The quantitative estimate of drug-likeness (QED) is 0.475. The molecule has 0 radical (unpaired) electrons. The van der Waals surface area contributed by atoms with Crippen molar-refractivity contribution in [3.8, 4) is 28.3 Å². The van der Waals surface area contributed by atoms with Gasteiger partial charge in [0.1, 0.15) is 22.7 Å². The van der Waals surface area contributed by atoms with Crippen LogP contribution in [0.5, 0.6) is 5.75 Å². The van der Waals surface area contributed by atoms with E-state index in [1.165, 1.54) is 24.0 Å². The van der Waals surface area contributed by atoms with Gasteiger partial charge in [0.15, 0.2) is 0 Å². The van der Waals surface area contributed by atoms with Crippen molar-refractivity contribution >= 4 is 16.9 Å². The molecule has 4 aromatic rings. The van der Waals surface area contributed by atoms with Gasteiger partial charge in [-0.25, -0.2) is 4.98 Å². The summed E-state index contributed by atoms with van der Waals surface area (Å²) in [4.78, 5) is 19.5. The number of fused-ring (bicyclic) bond motifs is 2. The largest absolute Gasteiger partial charge is 0.494 e. The van der Waals surface area contributed by atoms with E-state index in [2.05, 4.69) is 33.5 Å². The summed E-state index contributed by atoms with van der Waals surface area (Å²) in [6.07, 6.45) is 10.5. The third-order valence-electron chi connectivity index (χ3n) is 8.00. The molecule has 0 unspecified atom stereocenters. The zero-order chi connectivity index (χ0) is 23.5. The highest BCUT2D eigenvalue weighted by atomic mass is 16.5. The van der Waals surface area contributed by atoms with E-state index >= 15 is 0 Å². The summed E-state index contributed by atoms with van der Waals surface area (Å²) in [6.45, 7) is 1.47. The van der Waals surface area contributed by atoms with Gasteiger partial charge >= 0.3 is 0 Å². The first-order valence-corrected chi connectivity index (χ1v) is 12.6. The number of aryl methyl sites for hydroxylation is 1. The minimum atomic E-state index is 0.216. The molecule has 1 aromatic carbocycles. The minimum absolute atomic E-state index is 0.216. The molecule has 0 bridgehead atoms. The number of benzene rings is 1. The maximum Gasteiger partial charge on any atom is 0.225 e. The average molecular weight is 469 g/mol. The van der Waals surface area contributed by atoms with Crippen LogP contribution in [0.4, 0.5) is 0 Å². The molecule has 2 fully saturated rings. The van der Waals surface area contributed by atoms with Gasteiger partial charge in [-0.2, -0.15) is 10.2 Å². The van der Waals surface area contributed by atoms with Crippen LogP contribution in [0.15, 0.2) is 36.7 Å². The van der Waals surface area contributed by atoms with Crippen molar-refractivity contribution in [3.63, 3.8) is 0 Å². The fourth-order valence-corrected chi connectivity index (χ4v) is 5.70. The number of hydrogen-bond acceptors (Lipinski definition) is 5. The van der Waals surface area contributed by atoms with Crippen molar-refractivity contribution in [2.45, 2.75) is 44.6 Å². The molecule has 1 amide bonds. The standard InChI is InChI=1S/C27H28N6O2/c1-35-23-11-22-26(29-25(23)21-10-4-6-16-5-3-9-20(16)21)24(31-30-22)18-12-28-33(13-18)19-14-32(15-19)27(34)17-7-2-8-17/h4,6,10-13,17,19H,2-3,5,7-9,14-15H2,1H3,(H,30,31). The molecule has 2 aliphatic carbocycles. The Balaban J connectivity index is 1.20. The molecular weight excluding hydrogens is 440 g/mol. The molecule has 8 nitrogen and oxygen atoms in total. The van der Waals surface area contributed by atoms with Crippen molar-refractivity contribution in [1.29, 1.82) is 0 Å². The number of likely N-dealkylation sites (tertiary alicyclic amines) is 1. The van der Waals surface area contributed by atoms with Crippen molar-refractivity contribution in [2.75, 3.05) is 20.2 Å². The second-order valence-corrected chi connectivity index (χ2v) is 10.0. The molecule has 0 atom stereocenters. The SMILES string of the molecule is COc1cc2[nH]nc(-c3cnn(C4CN(C(=O)C5CCC5)C4)c3)c2nc1-c1cccc2c1CCC2. The zero-order valence-electron chi connectivity index (χ0n) is 19.8. The maximum absolute atomic E-state index is 12.5. The summed E-state index contributed by atoms with van der Waals surface area (Å²) in [5, 5.41) is 12.3. The number of pyridine rings is 1. The van der Waals surface area contributed by atoms with Crippen LogP contribution in [0.3, 0.4) is 0 Å². The van der Waals surface area contributed by atoms with Gasteiger partial charge in [-0.15, -0.1) is 0 Å². The second kappa shape index (κ2) is 7.93. The number of aromatic amines is 1. The van der Waals surface area contributed by atoms with Crippen LogP contribution in [0.25, 0.3) is 33.5 Å². The van der Waals surface area contributed by atoms with Gasteiger partial charge in [-0.3, -0.25) is 14.6 Å². The number of aromatic nitrogens is 5. The molecule has 1 saturated heterocycles. The first-order chi connectivity index (χ1) is 17.2. The lowest BCUT2D eigenvalue weighted by atomic mass is 9.83. The number of carbonyl (C=O) groups is 1. The minimum Gasteiger partial charge on any atom is -0.494 e. The lowest BCUT2D eigenvalue weighted by molar-refractivity contribution is -0.144. The molecule has 1 aliphatic heterocycles. The number of carbonyl (C=O) groups excluding carboxylic acids is 1. The van der Waals surface area contributed by atoms with Gasteiger partial charge in [0.25, 0.3) is 0 Å². The first kappa shape index (κ1) is 20.7. The molecule has 0 spiro atoms. The molecule has 7 rings (SSSR count). The normalized spacial score (nSPS) is 17.9. The van der Waals surface area contributed by atoms with E-state index in [0.717, 1.165) is 78.1 Å². The van der Waals surface area contributed by atoms with Crippen molar-refractivity contribution in [2.24, 2.45) is 5.92 Å². The van der Waals surface area contributed by atoms with Crippen LogP contribution in [0.1, 0.15) is 42.9 Å². The van der Waals surface area contributed by atoms with Crippen LogP contribution in [0, 0.1) is 5.92 Å². The number of rotatable bonds is 5. The Morgan fingerprint density at radius 3 is 2.83 bits per heavy atom. The Labute approximate surface area is 203 Å². The van der Waals surface area contributed by atoms with Gasteiger partial charge < -0.3 is 9.64 Å². The van der Waals surface area contributed by atoms with E-state index in [4.69, 9.17) is 9.72 Å². The van der Waals surface area contributed by atoms with Gasteiger partial charge in [-0.05, 0) is 43.2 Å². The van der Waals surface area contributed by atoms with Crippen LogP contribution < -0.4 is 4.74 Å². The van der Waals surface area contributed by atoms with E-state index < -0.39 is 0 Å². The topological polar surface area (TPSA) is 88.9 Å². The van der Waals surface area contributed by atoms with Crippen molar-refractivity contribution in [3.05, 3.63) is 47.8 Å². The van der Waals surface area contributed by atoms with E-state index in [1.54, 1.807) is 7.11 Å². The van der Waals surface area contributed by atoms with Gasteiger partial charge in [0.2, 0.25) is 5.91 Å². The van der Waals surface area contributed by atoms with E-state index in [0.29, 0.717) is 5.91 Å². The van der Waals surface area contributed by atoms with Crippen molar-refractivity contribution < 1.29 is 9.53 Å². The number of amides is 1. The highest BCUT2D eigenvalue weighted by molar-refractivity contribution is 5.93. The second-order valence-electron chi connectivity index (χ2n) is 10.0. The first-order valence-electron chi connectivity index (χ1n) is 12.6. The summed E-state index contributed by atoms with van der Waals surface area (Å²) in [5.74, 6) is 1.31. The molecular formula is C27H28N6O2. The maximum atomic E-state index is 12.5. The smallest absolute Gasteiger partial charge is 0.225 e. The predicted octanol–water partition coefficient (Wildman–Crippen LogP) is 4.17. The third kappa shape index (κ3) is 3.26. The lowest BCUT2D eigenvalue weighted by Gasteiger charge is -2.42. The molecule has 178 valence electrons. The summed E-state index contributed by atoms with van der Waals surface area (Å²) >= 11 is 0. The molecule has 1 saturated carbocycles. The number of H-pyrrole nitrogens is 1. The van der Waals surface area contributed by atoms with Gasteiger partial charge in [0, 0.05) is 42.4 Å². The Kier molecular flexibility index (Phi) is 4.69. The number of nitrogens with zero attached hydrogens (tertiary/aromatic N) is 5. The number of methoxy groups -OCH3 is 1. The Bertz CT molecular complexity index is 1440. The zero-order valence-corrected chi connectivity index (χ0v) is 19.8. The molecule has 3 aliphatic rings. The highest BCUT2D eigenvalue weighted by Crippen LogP contribution is 2.39. The molecule has 35 heavy (non-hydrogen) atoms. The monoisotopic (exact) mass is 468 g/mol. The number of ether oxygens (including phenoxy) is 1. The van der Waals surface area contributed by atoms with Gasteiger partial charge in [-0.1, -0.05) is 24.6 Å². The molecule has 1 N–H and O–H groups in total. The summed E-state index contributed by atoms with van der Waals surface area (Å²) in [5.41, 5.74) is 8.14. The fraction of sp³-hybridized carbons (Fsp3) is 0.407. The van der Waals surface area contributed by atoms with E-state index in [1.807, 2.05) is 28.0 Å². The summed E-state index contributed by atoms with van der Waals surface area (Å²) < 4.78 is 7.71.